The minimum absolute atomic E-state index is 0.432. The fourth-order valence-corrected chi connectivity index (χ4v) is 1.53. The van der Waals surface area contributed by atoms with Gasteiger partial charge in [0.25, 0.3) is 0 Å². The lowest BCUT2D eigenvalue weighted by Gasteiger charge is -2.17. The maximum Gasteiger partial charge on any atom is 0.306 e. The Kier molecular flexibility index (Phi) is 4.48. The monoisotopic (exact) mass is 240 g/mol. The number of carbonyl (C=O) groups is 1. The molecule has 0 aromatic heterocycles. The van der Waals surface area contributed by atoms with Crippen LogP contribution in [0.15, 0.2) is 18.2 Å². The van der Waals surface area contributed by atoms with E-state index in [1.54, 1.807) is 18.2 Å². The van der Waals surface area contributed by atoms with E-state index in [-0.39, 0.29) is 0 Å². The molecule has 0 spiro atoms. The van der Waals surface area contributed by atoms with Gasteiger partial charge in [0, 0.05) is 0 Å². The Morgan fingerprint density at radius 2 is 2.06 bits per heavy atom. The molecule has 5 nitrogen and oxygen atoms in total. The predicted octanol–water partition coefficient (Wildman–Crippen LogP) is 0.873. The molecule has 0 saturated heterocycles. The molecule has 3 N–H and O–H groups in total. The number of rotatable bonds is 5. The van der Waals surface area contributed by atoms with Crippen LogP contribution in [-0.4, -0.2) is 34.5 Å². The summed E-state index contributed by atoms with van der Waals surface area (Å²) in [5.41, 5.74) is 1.33. The topological polar surface area (TPSA) is 87.0 Å². The van der Waals surface area contributed by atoms with Crippen LogP contribution in [0.3, 0.4) is 0 Å². The minimum Gasteiger partial charge on any atom is -0.496 e. The second kappa shape index (κ2) is 5.65. The highest BCUT2D eigenvalue weighted by Crippen LogP contribution is 2.25. The number of carboxylic acids is 1. The number of aliphatic carboxylic acids is 1. The number of methoxy groups -OCH3 is 1. The molecular formula is C12H16O5. The van der Waals surface area contributed by atoms with Crippen LogP contribution in [0.4, 0.5) is 0 Å². The summed E-state index contributed by atoms with van der Waals surface area (Å²) in [5.74, 6) is -0.570. The van der Waals surface area contributed by atoms with Gasteiger partial charge in [0.2, 0.25) is 0 Å². The summed E-state index contributed by atoms with van der Waals surface area (Å²) >= 11 is 0. The van der Waals surface area contributed by atoms with E-state index < -0.39 is 24.6 Å². The molecule has 2 atom stereocenters. The van der Waals surface area contributed by atoms with Crippen molar-refractivity contribution >= 4 is 5.97 Å². The van der Waals surface area contributed by atoms with Gasteiger partial charge in [-0.05, 0) is 24.1 Å². The van der Waals surface area contributed by atoms with Crippen LogP contribution in [0.5, 0.6) is 5.75 Å². The fraction of sp³-hybridized carbons (Fsp3) is 0.417. The van der Waals surface area contributed by atoms with Crippen molar-refractivity contribution in [2.75, 3.05) is 7.11 Å². The Morgan fingerprint density at radius 1 is 1.41 bits per heavy atom. The number of aliphatic hydroxyl groups is 2. The van der Waals surface area contributed by atoms with Crippen LogP contribution in [0, 0.1) is 6.92 Å². The molecular weight excluding hydrogens is 224 g/mol. The van der Waals surface area contributed by atoms with Crippen LogP contribution in [0.25, 0.3) is 0 Å². The zero-order chi connectivity index (χ0) is 13.0. The number of carboxylic acid groups (broad SMARTS) is 1. The summed E-state index contributed by atoms with van der Waals surface area (Å²) in [6.45, 7) is 1.85. The molecule has 0 heterocycles. The second-order valence-electron chi connectivity index (χ2n) is 3.84. The van der Waals surface area contributed by atoms with Crippen molar-refractivity contribution in [1.82, 2.24) is 0 Å². The minimum atomic E-state index is -1.33. The van der Waals surface area contributed by atoms with E-state index in [9.17, 15) is 15.0 Å². The molecule has 5 heteroatoms. The SMILES string of the molecule is COc1cc(C(O)C(O)CC(=O)O)ccc1C. The third-order valence-corrected chi connectivity index (χ3v) is 2.52. The highest BCUT2D eigenvalue weighted by atomic mass is 16.5. The largest absolute Gasteiger partial charge is 0.496 e. The smallest absolute Gasteiger partial charge is 0.306 e. The molecule has 0 aliphatic heterocycles. The van der Waals surface area contributed by atoms with Crippen LogP contribution >= 0.6 is 0 Å². The first-order valence-electron chi connectivity index (χ1n) is 5.18. The lowest BCUT2D eigenvalue weighted by atomic mass is 10.0. The van der Waals surface area contributed by atoms with Crippen molar-refractivity contribution in [3.8, 4) is 5.75 Å². The van der Waals surface area contributed by atoms with Gasteiger partial charge in [0.05, 0.1) is 19.6 Å². The van der Waals surface area contributed by atoms with Crippen molar-refractivity contribution in [2.45, 2.75) is 25.6 Å². The molecule has 0 radical (unpaired) electrons. The molecule has 0 aliphatic rings. The number of hydrogen-bond donors (Lipinski definition) is 3. The Balaban J connectivity index is 2.88. The maximum atomic E-state index is 10.4. The van der Waals surface area contributed by atoms with E-state index in [1.165, 1.54) is 7.11 Å². The van der Waals surface area contributed by atoms with Gasteiger partial charge in [0.1, 0.15) is 11.9 Å². The number of aliphatic hydroxyl groups excluding tert-OH is 2. The third-order valence-electron chi connectivity index (χ3n) is 2.52. The number of aryl methyl sites for hydroxylation is 1. The molecule has 0 amide bonds. The first-order chi connectivity index (χ1) is 7.95. The normalized spacial score (nSPS) is 14.1. The lowest BCUT2D eigenvalue weighted by Crippen LogP contribution is -2.21. The fourth-order valence-electron chi connectivity index (χ4n) is 1.53. The van der Waals surface area contributed by atoms with E-state index in [4.69, 9.17) is 9.84 Å². The zero-order valence-corrected chi connectivity index (χ0v) is 9.75. The second-order valence-corrected chi connectivity index (χ2v) is 3.84. The Morgan fingerprint density at radius 3 is 2.59 bits per heavy atom. The highest BCUT2D eigenvalue weighted by molar-refractivity contribution is 5.67. The average molecular weight is 240 g/mol. The van der Waals surface area contributed by atoms with Crippen molar-refractivity contribution in [2.24, 2.45) is 0 Å². The molecule has 0 fully saturated rings. The van der Waals surface area contributed by atoms with E-state index >= 15 is 0 Å². The quantitative estimate of drug-likeness (QED) is 0.711. The van der Waals surface area contributed by atoms with Gasteiger partial charge in [-0.25, -0.2) is 0 Å². The molecule has 0 aliphatic carbocycles. The molecule has 1 aromatic rings. The zero-order valence-electron chi connectivity index (χ0n) is 9.75. The Hall–Kier alpha value is -1.59. The molecule has 0 bridgehead atoms. The van der Waals surface area contributed by atoms with E-state index in [1.807, 2.05) is 6.92 Å². The Labute approximate surface area is 99.3 Å². The summed E-state index contributed by atoms with van der Waals surface area (Å²) in [6, 6.07) is 4.96. The molecule has 1 rings (SSSR count). The van der Waals surface area contributed by atoms with Crippen molar-refractivity contribution in [3.05, 3.63) is 29.3 Å². The predicted molar refractivity (Wildman–Crippen MR) is 61.0 cm³/mol. The lowest BCUT2D eigenvalue weighted by molar-refractivity contribution is -0.141. The van der Waals surface area contributed by atoms with Gasteiger partial charge in [-0.15, -0.1) is 0 Å². The molecule has 17 heavy (non-hydrogen) atoms. The summed E-state index contributed by atoms with van der Waals surface area (Å²) in [6.07, 6.45) is -3.07. The number of ether oxygens (including phenoxy) is 1. The van der Waals surface area contributed by atoms with Crippen LogP contribution in [0.1, 0.15) is 23.7 Å². The van der Waals surface area contributed by atoms with Gasteiger partial charge in [0.15, 0.2) is 0 Å². The number of hydrogen-bond acceptors (Lipinski definition) is 4. The third kappa shape index (κ3) is 3.44. The van der Waals surface area contributed by atoms with E-state index in [2.05, 4.69) is 0 Å². The molecule has 2 unspecified atom stereocenters. The first-order valence-corrected chi connectivity index (χ1v) is 5.18. The van der Waals surface area contributed by atoms with Crippen LogP contribution < -0.4 is 4.74 Å². The van der Waals surface area contributed by atoms with Crippen molar-refractivity contribution < 1.29 is 24.9 Å². The van der Waals surface area contributed by atoms with Gasteiger partial charge in [-0.3, -0.25) is 4.79 Å². The van der Waals surface area contributed by atoms with Gasteiger partial charge in [-0.1, -0.05) is 12.1 Å². The summed E-state index contributed by atoms with van der Waals surface area (Å²) in [7, 11) is 1.51. The summed E-state index contributed by atoms with van der Waals surface area (Å²) in [4.78, 5) is 10.4. The highest BCUT2D eigenvalue weighted by Gasteiger charge is 2.21. The molecule has 0 saturated carbocycles. The van der Waals surface area contributed by atoms with Crippen LogP contribution in [0.2, 0.25) is 0 Å². The van der Waals surface area contributed by atoms with Crippen molar-refractivity contribution in [1.29, 1.82) is 0 Å². The van der Waals surface area contributed by atoms with Gasteiger partial charge < -0.3 is 20.1 Å². The average Bonchev–Trinajstić information content (AvgIpc) is 2.27. The van der Waals surface area contributed by atoms with E-state index in [0.717, 1.165) is 5.56 Å². The number of benzene rings is 1. The Bertz CT molecular complexity index is 402. The van der Waals surface area contributed by atoms with E-state index in [0.29, 0.717) is 11.3 Å². The summed E-state index contributed by atoms with van der Waals surface area (Å²) < 4.78 is 5.09. The summed E-state index contributed by atoms with van der Waals surface area (Å²) in [5, 5.41) is 27.8. The molecule has 94 valence electrons. The van der Waals surface area contributed by atoms with Gasteiger partial charge >= 0.3 is 5.97 Å². The molecule has 1 aromatic carbocycles. The standard InChI is InChI=1S/C12H16O5/c1-7-3-4-8(5-10(7)17-2)12(16)9(13)6-11(14)15/h3-5,9,12-13,16H,6H2,1-2H3,(H,14,15). The van der Waals surface area contributed by atoms with Crippen LogP contribution in [-0.2, 0) is 4.79 Å². The van der Waals surface area contributed by atoms with Crippen molar-refractivity contribution in [3.63, 3.8) is 0 Å². The maximum absolute atomic E-state index is 10.4. The first kappa shape index (κ1) is 13.5. The van der Waals surface area contributed by atoms with Gasteiger partial charge in [-0.2, -0.15) is 0 Å².